The van der Waals surface area contributed by atoms with Gasteiger partial charge in [0.1, 0.15) is 12.1 Å². The van der Waals surface area contributed by atoms with Crippen molar-refractivity contribution >= 4 is 32.0 Å². The van der Waals surface area contributed by atoms with Crippen LogP contribution in [0, 0.1) is 13.8 Å². The van der Waals surface area contributed by atoms with Gasteiger partial charge in [0.25, 0.3) is 0 Å². The van der Waals surface area contributed by atoms with Crippen LogP contribution in [0.2, 0.25) is 0 Å². The Kier molecular flexibility index (Phi) is 13.2. The molecule has 2 aromatic carbocycles. The second-order valence-corrected chi connectivity index (χ2v) is 13.2. The molecule has 2 aromatic rings. The van der Waals surface area contributed by atoms with Crippen LogP contribution in [0.25, 0.3) is 0 Å². The van der Waals surface area contributed by atoms with Crippen molar-refractivity contribution in [1.29, 1.82) is 0 Å². The quantitative estimate of drug-likeness (QED) is 0.207. The summed E-state index contributed by atoms with van der Waals surface area (Å²) in [6, 6.07) is 10.7. The van der Waals surface area contributed by atoms with Crippen LogP contribution >= 0.6 is 0 Å². The standard InChI is InChI=1S/C28H40N2O8S2/c1-21-11-15-25(16-12-21)39(33,34)29-23(3)27(31)37-19-9-7-5-6-8-10-20-38-28(32)24(4)30-40(35,36)26-17-13-22(2)14-18-26/h11-18,23-24,29-30H,5-10,19-20H2,1-4H3/t23-,24-/m0/s1. The van der Waals surface area contributed by atoms with Crippen LogP contribution in [-0.2, 0) is 39.1 Å². The first-order chi connectivity index (χ1) is 18.8. The first-order valence-corrected chi connectivity index (χ1v) is 16.3. The van der Waals surface area contributed by atoms with E-state index in [-0.39, 0.29) is 23.0 Å². The molecule has 40 heavy (non-hydrogen) atoms. The first-order valence-electron chi connectivity index (χ1n) is 13.3. The van der Waals surface area contributed by atoms with Gasteiger partial charge in [0.05, 0.1) is 23.0 Å². The molecular formula is C28H40N2O8S2. The second-order valence-electron chi connectivity index (χ2n) is 9.77. The molecule has 0 radical (unpaired) electrons. The number of nitrogens with one attached hydrogen (secondary N) is 2. The lowest BCUT2D eigenvalue weighted by molar-refractivity contribution is -0.146. The monoisotopic (exact) mass is 596 g/mol. The summed E-state index contributed by atoms with van der Waals surface area (Å²) in [5.74, 6) is -1.26. The molecule has 0 amide bonds. The Labute approximate surface area is 237 Å². The highest BCUT2D eigenvalue weighted by molar-refractivity contribution is 7.89. The normalized spacial score (nSPS) is 13.4. The summed E-state index contributed by atoms with van der Waals surface area (Å²) in [6.07, 6.45) is 4.75. The molecule has 10 nitrogen and oxygen atoms in total. The number of carbonyl (C=O) groups excluding carboxylic acids is 2. The predicted octanol–water partition coefficient (Wildman–Crippen LogP) is 3.76. The highest BCUT2D eigenvalue weighted by Crippen LogP contribution is 2.13. The zero-order valence-corrected chi connectivity index (χ0v) is 25.1. The van der Waals surface area contributed by atoms with Crippen LogP contribution in [0.5, 0.6) is 0 Å². The van der Waals surface area contributed by atoms with Crippen molar-refractivity contribution in [2.45, 2.75) is 88.1 Å². The number of hydrogen-bond acceptors (Lipinski definition) is 8. The zero-order valence-electron chi connectivity index (χ0n) is 23.5. The van der Waals surface area contributed by atoms with E-state index >= 15 is 0 Å². The maximum Gasteiger partial charge on any atom is 0.323 e. The van der Waals surface area contributed by atoms with E-state index in [0.717, 1.165) is 36.8 Å². The Morgan fingerprint density at radius 2 is 0.900 bits per heavy atom. The number of unbranched alkanes of at least 4 members (excludes halogenated alkanes) is 5. The summed E-state index contributed by atoms with van der Waals surface area (Å²) in [5, 5.41) is 0. The lowest BCUT2D eigenvalue weighted by Gasteiger charge is -2.14. The van der Waals surface area contributed by atoms with Crippen LogP contribution < -0.4 is 9.44 Å². The van der Waals surface area contributed by atoms with Gasteiger partial charge in [-0.15, -0.1) is 0 Å². The van der Waals surface area contributed by atoms with Crippen molar-refractivity contribution in [3.05, 3.63) is 59.7 Å². The molecule has 0 aromatic heterocycles. The van der Waals surface area contributed by atoms with E-state index in [1.165, 1.54) is 38.1 Å². The molecule has 2 rings (SSSR count). The highest BCUT2D eigenvalue weighted by atomic mass is 32.2. The van der Waals surface area contributed by atoms with Crippen LogP contribution in [0.4, 0.5) is 0 Å². The van der Waals surface area contributed by atoms with E-state index in [0.29, 0.717) is 12.8 Å². The fourth-order valence-corrected chi connectivity index (χ4v) is 6.02. The first kappa shape index (κ1) is 33.4. The third-order valence-electron chi connectivity index (χ3n) is 6.06. The lowest BCUT2D eigenvalue weighted by Crippen LogP contribution is -2.39. The fraction of sp³-hybridized carbons (Fsp3) is 0.500. The molecule has 0 unspecified atom stereocenters. The third-order valence-corrected chi connectivity index (χ3v) is 9.17. The van der Waals surface area contributed by atoms with Crippen molar-refractivity contribution in [2.24, 2.45) is 0 Å². The summed E-state index contributed by atoms with van der Waals surface area (Å²) < 4.78 is 64.6. The van der Waals surface area contributed by atoms with Gasteiger partial charge in [-0.05, 0) is 64.8 Å². The summed E-state index contributed by atoms with van der Waals surface area (Å²) in [6.45, 7) is 6.99. The summed E-state index contributed by atoms with van der Waals surface area (Å²) >= 11 is 0. The van der Waals surface area contributed by atoms with Gasteiger partial charge in [0, 0.05) is 0 Å². The number of carbonyl (C=O) groups is 2. The topological polar surface area (TPSA) is 145 Å². The van der Waals surface area contributed by atoms with Gasteiger partial charge in [-0.2, -0.15) is 9.44 Å². The Bertz CT molecular complexity index is 1210. The molecule has 2 atom stereocenters. The molecule has 0 saturated carbocycles. The van der Waals surface area contributed by atoms with E-state index in [1.54, 1.807) is 24.3 Å². The van der Waals surface area contributed by atoms with Gasteiger partial charge in [-0.25, -0.2) is 16.8 Å². The number of rotatable bonds is 17. The van der Waals surface area contributed by atoms with Gasteiger partial charge in [-0.3, -0.25) is 9.59 Å². The largest absolute Gasteiger partial charge is 0.465 e. The maximum absolute atomic E-state index is 12.4. The molecule has 0 aliphatic heterocycles. The van der Waals surface area contributed by atoms with Gasteiger partial charge in [-0.1, -0.05) is 61.1 Å². The zero-order chi connectivity index (χ0) is 29.8. The number of esters is 2. The van der Waals surface area contributed by atoms with Crippen LogP contribution in [0.3, 0.4) is 0 Å². The Morgan fingerprint density at radius 3 is 1.23 bits per heavy atom. The van der Waals surface area contributed by atoms with E-state index in [4.69, 9.17) is 9.47 Å². The highest BCUT2D eigenvalue weighted by Gasteiger charge is 2.24. The average molecular weight is 597 g/mol. The van der Waals surface area contributed by atoms with E-state index in [1.807, 2.05) is 13.8 Å². The SMILES string of the molecule is Cc1ccc(S(=O)(=O)N[C@@H](C)C(=O)OCCCCCCCCOC(=O)[C@H](C)NS(=O)(=O)c2ccc(C)cc2)cc1. The van der Waals surface area contributed by atoms with Crippen molar-refractivity contribution < 1.29 is 35.9 Å². The molecule has 222 valence electrons. The number of benzene rings is 2. The van der Waals surface area contributed by atoms with Crippen molar-refractivity contribution in [2.75, 3.05) is 13.2 Å². The minimum absolute atomic E-state index is 0.0877. The van der Waals surface area contributed by atoms with Crippen LogP contribution in [-0.4, -0.2) is 54.1 Å². The second kappa shape index (κ2) is 15.8. The predicted molar refractivity (Wildman–Crippen MR) is 152 cm³/mol. The molecule has 0 saturated heterocycles. The number of sulfonamides is 2. The van der Waals surface area contributed by atoms with E-state index in [2.05, 4.69) is 9.44 Å². The molecule has 2 N–H and O–H groups in total. The van der Waals surface area contributed by atoms with Crippen LogP contribution in [0.15, 0.2) is 58.3 Å². The summed E-state index contributed by atoms with van der Waals surface area (Å²) in [7, 11) is -7.63. The summed E-state index contributed by atoms with van der Waals surface area (Å²) in [4.78, 5) is 24.5. The smallest absolute Gasteiger partial charge is 0.323 e. The van der Waals surface area contributed by atoms with Crippen molar-refractivity contribution in [3.8, 4) is 0 Å². The van der Waals surface area contributed by atoms with Gasteiger partial charge in [0.15, 0.2) is 0 Å². The average Bonchev–Trinajstić information content (AvgIpc) is 2.89. The molecule has 0 heterocycles. The van der Waals surface area contributed by atoms with Crippen molar-refractivity contribution in [3.63, 3.8) is 0 Å². The molecule has 0 spiro atoms. The molecule has 0 bridgehead atoms. The van der Waals surface area contributed by atoms with Gasteiger partial charge >= 0.3 is 11.9 Å². The molecule has 0 aliphatic rings. The van der Waals surface area contributed by atoms with Gasteiger partial charge < -0.3 is 9.47 Å². The van der Waals surface area contributed by atoms with Crippen LogP contribution in [0.1, 0.15) is 63.5 Å². The Morgan fingerprint density at radius 1 is 0.600 bits per heavy atom. The van der Waals surface area contributed by atoms with E-state index in [9.17, 15) is 26.4 Å². The molecule has 0 fully saturated rings. The third kappa shape index (κ3) is 11.4. The van der Waals surface area contributed by atoms with Crippen molar-refractivity contribution in [1.82, 2.24) is 9.44 Å². The minimum atomic E-state index is -3.82. The maximum atomic E-state index is 12.4. The minimum Gasteiger partial charge on any atom is -0.465 e. The Balaban J connectivity index is 1.53. The fourth-order valence-electron chi connectivity index (χ4n) is 3.64. The summed E-state index contributed by atoms with van der Waals surface area (Å²) in [5.41, 5.74) is 1.86. The molecular weight excluding hydrogens is 556 g/mol. The Hall–Kier alpha value is -2.80. The molecule has 12 heteroatoms. The van der Waals surface area contributed by atoms with E-state index < -0.39 is 44.1 Å². The lowest BCUT2D eigenvalue weighted by atomic mass is 10.1. The number of hydrogen-bond donors (Lipinski definition) is 2. The molecule has 0 aliphatic carbocycles. The van der Waals surface area contributed by atoms with Gasteiger partial charge in [0.2, 0.25) is 20.0 Å². The number of ether oxygens (including phenoxy) is 2. The number of aryl methyl sites for hydroxylation is 2.